The van der Waals surface area contributed by atoms with E-state index in [2.05, 4.69) is 10.1 Å². The van der Waals surface area contributed by atoms with Crippen LogP contribution < -0.4 is 0 Å². The average Bonchev–Trinajstić information content (AvgIpc) is 2.31. The van der Waals surface area contributed by atoms with E-state index in [4.69, 9.17) is 0 Å². The van der Waals surface area contributed by atoms with Crippen LogP contribution in [0.2, 0.25) is 0 Å². The molecule has 0 atom stereocenters. The number of hydrogen-bond acceptors (Lipinski definition) is 2. The monoisotopic (exact) mass is 147 g/mol. The molecule has 0 fully saturated rings. The molecule has 0 aliphatic heterocycles. The highest BCUT2D eigenvalue weighted by Crippen LogP contribution is 2.07. The van der Waals surface area contributed by atoms with E-state index in [0.29, 0.717) is 0 Å². The molecule has 3 heteroatoms. The molecule has 0 spiro atoms. The molecular formula is C8H9N3. The SMILES string of the molecule is Cc1cc2c(C)nccn2n1. The summed E-state index contributed by atoms with van der Waals surface area (Å²) in [5.74, 6) is 0. The van der Waals surface area contributed by atoms with Crippen molar-refractivity contribution in [2.75, 3.05) is 0 Å². The van der Waals surface area contributed by atoms with Crippen molar-refractivity contribution in [1.29, 1.82) is 0 Å². The van der Waals surface area contributed by atoms with Crippen LogP contribution in [0.25, 0.3) is 5.52 Å². The van der Waals surface area contributed by atoms with Gasteiger partial charge >= 0.3 is 0 Å². The summed E-state index contributed by atoms with van der Waals surface area (Å²) >= 11 is 0. The molecule has 0 radical (unpaired) electrons. The number of rotatable bonds is 0. The second-order valence-corrected chi connectivity index (χ2v) is 2.63. The Morgan fingerprint density at radius 2 is 2.18 bits per heavy atom. The average molecular weight is 147 g/mol. The molecule has 0 saturated heterocycles. The first kappa shape index (κ1) is 6.34. The van der Waals surface area contributed by atoms with Crippen LogP contribution in [0, 0.1) is 13.8 Å². The maximum Gasteiger partial charge on any atom is 0.0876 e. The van der Waals surface area contributed by atoms with E-state index in [0.717, 1.165) is 16.9 Å². The molecule has 56 valence electrons. The normalized spacial score (nSPS) is 10.7. The van der Waals surface area contributed by atoms with Gasteiger partial charge in [0.25, 0.3) is 0 Å². The van der Waals surface area contributed by atoms with Crippen LogP contribution in [0.15, 0.2) is 18.5 Å². The van der Waals surface area contributed by atoms with Gasteiger partial charge in [-0.1, -0.05) is 0 Å². The molecule has 0 amide bonds. The quantitative estimate of drug-likeness (QED) is 0.563. The smallest absolute Gasteiger partial charge is 0.0876 e. The topological polar surface area (TPSA) is 30.2 Å². The molecule has 0 aliphatic rings. The van der Waals surface area contributed by atoms with E-state index in [9.17, 15) is 0 Å². The molecule has 2 aromatic heterocycles. The number of hydrogen-bond donors (Lipinski definition) is 0. The highest BCUT2D eigenvalue weighted by atomic mass is 15.2. The van der Waals surface area contributed by atoms with Crippen LogP contribution in [-0.4, -0.2) is 14.6 Å². The van der Waals surface area contributed by atoms with Crippen molar-refractivity contribution < 1.29 is 0 Å². The van der Waals surface area contributed by atoms with E-state index in [-0.39, 0.29) is 0 Å². The standard InChI is InChI=1S/C8H9N3/c1-6-5-8-7(2)9-3-4-11(8)10-6/h3-5H,1-2H3. The fourth-order valence-electron chi connectivity index (χ4n) is 1.17. The Kier molecular flexibility index (Phi) is 1.18. The summed E-state index contributed by atoms with van der Waals surface area (Å²) in [5, 5.41) is 4.25. The van der Waals surface area contributed by atoms with Gasteiger partial charge in [0.2, 0.25) is 0 Å². The number of aromatic nitrogens is 3. The predicted molar refractivity (Wildman–Crippen MR) is 42.5 cm³/mol. The third kappa shape index (κ3) is 0.888. The van der Waals surface area contributed by atoms with Gasteiger partial charge in [-0.05, 0) is 19.9 Å². The third-order valence-corrected chi connectivity index (χ3v) is 1.70. The minimum atomic E-state index is 1.02. The van der Waals surface area contributed by atoms with Crippen LogP contribution in [-0.2, 0) is 0 Å². The molecule has 2 rings (SSSR count). The molecule has 0 unspecified atom stereocenters. The summed E-state index contributed by atoms with van der Waals surface area (Å²) in [6.45, 7) is 3.96. The number of aryl methyl sites for hydroxylation is 2. The van der Waals surface area contributed by atoms with Crippen LogP contribution in [0.4, 0.5) is 0 Å². The van der Waals surface area contributed by atoms with E-state index in [1.54, 1.807) is 6.20 Å². The number of nitrogens with zero attached hydrogens (tertiary/aromatic N) is 3. The Balaban J connectivity index is 2.90. The second kappa shape index (κ2) is 2.05. The first-order valence-electron chi connectivity index (χ1n) is 3.55. The second-order valence-electron chi connectivity index (χ2n) is 2.63. The first-order valence-corrected chi connectivity index (χ1v) is 3.55. The van der Waals surface area contributed by atoms with Crippen molar-refractivity contribution in [3.05, 3.63) is 29.8 Å². The summed E-state index contributed by atoms with van der Waals surface area (Å²) in [7, 11) is 0. The summed E-state index contributed by atoms with van der Waals surface area (Å²) in [6.07, 6.45) is 3.62. The van der Waals surface area contributed by atoms with Gasteiger partial charge in [0, 0.05) is 12.4 Å². The molecule has 0 N–H and O–H groups in total. The highest BCUT2D eigenvalue weighted by molar-refractivity contribution is 5.50. The summed E-state index contributed by atoms with van der Waals surface area (Å²) in [5.41, 5.74) is 3.14. The maximum absolute atomic E-state index is 4.25. The van der Waals surface area contributed by atoms with Crippen LogP contribution in [0.3, 0.4) is 0 Å². The van der Waals surface area contributed by atoms with Crippen molar-refractivity contribution in [2.45, 2.75) is 13.8 Å². The van der Waals surface area contributed by atoms with Crippen molar-refractivity contribution in [2.24, 2.45) is 0 Å². The highest BCUT2D eigenvalue weighted by Gasteiger charge is 1.98. The molecule has 3 nitrogen and oxygen atoms in total. The summed E-state index contributed by atoms with van der Waals surface area (Å²) in [4.78, 5) is 4.16. The zero-order valence-corrected chi connectivity index (χ0v) is 6.57. The van der Waals surface area contributed by atoms with Gasteiger partial charge in [0.15, 0.2) is 0 Å². The molecule has 2 aromatic rings. The van der Waals surface area contributed by atoms with Crippen molar-refractivity contribution >= 4 is 5.52 Å². The fourth-order valence-corrected chi connectivity index (χ4v) is 1.17. The number of fused-ring (bicyclic) bond motifs is 1. The predicted octanol–water partition coefficient (Wildman–Crippen LogP) is 1.35. The lowest BCUT2D eigenvalue weighted by atomic mass is 10.3. The Morgan fingerprint density at radius 1 is 1.36 bits per heavy atom. The molecule has 2 heterocycles. The van der Waals surface area contributed by atoms with Crippen molar-refractivity contribution in [3.63, 3.8) is 0 Å². The Bertz CT molecular complexity index is 389. The molecule has 0 aromatic carbocycles. The molecule has 11 heavy (non-hydrogen) atoms. The van der Waals surface area contributed by atoms with Gasteiger partial charge in [-0.3, -0.25) is 4.98 Å². The van der Waals surface area contributed by atoms with Gasteiger partial charge in [-0.15, -0.1) is 0 Å². The van der Waals surface area contributed by atoms with Gasteiger partial charge in [-0.2, -0.15) is 5.10 Å². The molecule has 0 aliphatic carbocycles. The van der Waals surface area contributed by atoms with E-state index >= 15 is 0 Å². The lowest BCUT2D eigenvalue weighted by molar-refractivity contribution is 0.913. The summed E-state index contributed by atoms with van der Waals surface area (Å²) < 4.78 is 1.84. The van der Waals surface area contributed by atoms with Crippen LogP contribution >= 0.6 is 0 Å². The largest absolute Gasteiger partial charge is 0.258 e. The van der Waals surface area contributed by atoms with Crippen molar-refractivity contribution in [3.8, 4) is 0 Å². The fraction of sp³-hybridized carbons (Fsp3) is 0.250. The zero-order chi connectivity index (χ0) is 7.84. The van der Waals surface area contributed by atoms with Gasteiger partial charge < -0.3 is 0 Å². The Hall–Kier alpha value is -1.38. The minimum absolute atomic E-state index is 1.02. The minimum Gasteiger partial charge on any atom is -0.258 e. The van der Waals surface area contributed by atoms with E-state index in [1.807, 2.05) is 30.6 Å². The zero-order valence-electron chi connectivity index (χ0n) is 6.57. The van der Waals surface area contributed by atoms with Crippen LogP contribution in [0.1, 0.15) is 11.4 Å². The van der Waals surface area contributed by atoms with E-state index in [1.165, 1.54) is 0 Å². The lowest BCUT2D eigenvalue weighted by Crippen LogP contribution is -1.90. The van der Waals surface area contributed by atoms with Gasteiger partial charge in [-0.25, -0.2) is 4.52 Å². The lowest BCUT2D eigenvalue weighted by Gasteiger charge is -1.93. The third-order valence-electron chi connectivity index (χ3n) is 1.70. The maximum atomic E-state index is 4.25. The van der Waals surface area contributed by atoms with Gasteiger partial charge in [0.1, 0.15) is 0 Å². The Labute approximate surface area is 64.7 Å². The van der Waals surface area contributed by atoms with Gasteiger partial charge in [0.05, 0.1) is 16.9 Å². The molecular weight excluding hydrogens is 138 g/mol. The van der Waals surface area contributed by atoms with Crippen molar-refractivity contribution in [1.82, 2.24) is 14.6 Å². The Morgan fingerprint density at radius 3 is 2.91 bits per heavy atom. The molecule has 0 bridgehead atoms. The van der Waals surface area contributed by atoms with Crippen LogP contribution in [0.5, 0.6) is 0 Å². The summed E-state index contributed by atoms with van der Waals surface area (Å²) in [6, 6.07) is 2.03. The molecule has 0 saturated carbocycles. The van der Waals surface area contributed by atoms with E-state index < -0.39 is 0 Å². The first-order chi connectivity index (χ1) is 5.27.